The largest absolute Gasteiger partial charge is 0.481 e. The summed E-state index contributed by atoms with van der Waals surface area (Å²) in [6.07, 6.45) is 6.98. The van der Waals surface area contributed by atoms with Crippen LogP contribution in [0.5, 0.6) is 5.88 Å². The average Bonchev–Trinajstić information content (AvgIpc) is 3.19. The predicted molar refractivity (Wildman–Crippen MR) is 96.5 cm³/mol. The molecule has 0 radical (unpaired) electrons. The molecule has 0 saturated carbocycles. The summed E-state index contributed by atoms with van der Waals surface area (Å²) in [5, 5.41) is 0. The number of hydrogen-bond acceptors (Lipinski definition) is 5. The number of aromatic amines is 1. The Morgan fingerprint density at radius 1 is 1.12 bits per heavy atom. The van der Waals surface area contributed by atoms with Gasteiger partial charge in [0.15, 0.2) is 0 Å². The molecule has 6 heteroatoms. The third-order valence-corrected chi connectivity index (χ3v) is 4.58. The predicted octanol–water partition coefficient (Wildman–Crippen LogP) is 3.61. The fraction of sp³-hybridized carbons (Fsp3) is 0.316. The van der Waals surface area contributed by atoms with E-state index in [1.807, 2.05) is 24.4 Å². The first-order valence-corrected chi connectivity index (χ1v) is 8.59. The highest BCUT2D eigenvalue weighted by Gasteiger charge is 2.28. The molecule has 128 valence electrons. The van der Waals surface area contributed by atoms with Crippen LogP contribution < -0.4 is 9.64 Å². The van der Waals surface area contributed by atoms with Gasteiger partial charge in [0.25, 0.3) is 0 Å². The van der Waals surface area contributed by atoms with Gasteiger partial charge in [-0.05, 0) is 24.8 Å². The lowest BCUT2D eigenvalue weighted by atomic mass is 10.0. The zero-order chi connectivity index (χ0) is 17.1. The molecule has 1 N–H and O–H groups in total. The van der Waals surface area contributed by atoms with Gasteiger partial charge in [-0.25, -0.2) is 9.97 Å². The Labute approximate surface area is 146 Å². The lowest BCUT2D eigenvalue weighted by Crippen LogP contribution is -2.35. The zero-order valence-electron chi connectivity index (χ0n) is 14.2. The molecule has 6 nitrogen and oxygen atoms in total. The summed E-state index contributed by atoms with van der Waals surface area (Å²) in [6.45, 7) is 0.916. The van der Waals surface area contributed by atoms with Gasteiger partial charge in [0.05, 0.1) is 25.0 Å². The van der Waals surface area contributed by atoms with Crippen LogP contribution in [0.4, 0.5) is 5.95 Å². The number of piperidine rings is 1. The number of nitrogens with one attached hydrogen (secondary N) is 1. The van der Waals surface area contributed by atoms with Crippen LogP contribution in [0, 0.1) is 0 Å². The molecule has 3 aromatic rings. The monoisotopic (exact) mass is 335 g/mol. The van der Waals surface area contributed by atoms with Gasteiger partial charge in [-0.15, -0.1) is 0 Å². The van der Waals surface area contributed by atoms with Crippen LogP contribution in [0.2, 0.25) is 0 Å². The second-order valence-electron chi connectivity index (χ2n) is 6.15. The van der Waals surface area contributed by atoms with Crippen molar-refractivity contribution in [3.05, 3.63) is 54.6 Å². The standard InChI is InChI=1S/C19H21N5O/c1-25-17-10-11-20-19(23-17)24-12-6-5-9-16(24)18-21-13-15(22-18)14-7-3-2-4-8-14/h2-4,7-8,10-11,13,16H,5-6,9,12H2,1H3,(H,21,22)/t16-/m0/s1. The number of benzene rings is 1. The topological polar surface area (TPSA) is 66.9 Å². The molecule has 1 saturated heterocycles. The highest BCUT2D eigenvalue weighted by atomic mass is 16.5. The summed E-state index contributed by atoms with van der Waals surface area (Å²) in [4.78, 5) is 19.3. The number of nitrogens with zero attached hydrogens (tertiary/aromatic N) is 4. The minimum atomic E-state index is 0.151. The third-order valence-electron chi connectivity index (χ3n) is 4.58. The Morgan fingerprint density at radius 2 is 2.00 bits per heavy atom. The van der Waals surface area contributed by atoms with Gasteiger partial charge in [-0.1, -0.05) is 30.3 Å². The smallest absolute Gasteiger partial charge is 0.229 e. The highest BCUT2D eigenvalue weighted by Crippen LogP contribution is 2.33. The fourth-order valence-electron chi connectivity index (χ4n) is 3.31. The lowest BCUT2D eigenvalue weighted by Gasteiger charge is -2.34. The third kappa shape index (κ3) is 3.20. The molecule has 1 aliphatic heterocycles. The fourth-order valence-corrected chi connectivity index (χ4v) is 3.31. The maximum absolute atomic E-state index is 5.25. The molecule has 1 atom stereocenters. The van der Waals surface area contributed by atoms with Crippen molar-refractivity contribution in [3.63, 3.8) is 0 Å². The van der Waals surface area contributed by atoms with Gasteiger partial charge in [-0.2, -0.15) is 4.98 Å². The van der Waals surface area contributed by atoms with Crippen molar-refractivity contribution in [1.29, 1.82) is 0 Å². The molecule has 1 aliphatic rings. The number of rotatable bonds is 4. The van der Waals surface area contributed by atoms with E-state index < -0.39 is 0 Å². The van der Waals surface area contributed by atoms with Gasteiger partial charge in [0.1, 0.15) is 5.82 Å². The normalized spacial score (nSPS) is 17.5. The number of imidazole rings is 1. The van der Waals surface area contributed by atoms with Gasteiger partial charge in [-0.3, -0.25) is 0 Å². The van der Waals surface area contributed by atoms with E-state index in [1.165, 1.54) is 6.42 Å². The highest BCUT2D eigenvalue weighted by molar-refractivity contribution is 5.58. The quantitative estimate of drug-likeness (QED) is 0.789. The molecule has 0 spiro atoms. The molecule has 0 amide bonds. The van der Waals surface area contributed by atoms with Crippen LogP contribution in [0.1, 0.15) is 31.1 Å². The van der Waals surface area contributed by atoms with Gasteiger partial charge < -0.3 is 14.6 Å². The van der Waals surface area contributed by atoms with Crippen molar-refractivity contribution in [3.8, 4) is 17.1 Å². The molecule has 25 heavy (non-hydrogen) atoms. The lowest BCUT2D eigenvalue weighted by molar-refractivity contribution is 0.393. The molecular weight excluding hydrogens is 314 g/mol. The number of ether oxygens (including phenoxy) is 1. The van der Waals surface area contributed by atoms with Crippen molar-refractivity contribution in [1.82, 2.24) is 19.9 Å². The van der Waals surface area contributed by atoms with Crippen molar-refractivity contribution in [2.45, 2.75) is 25.3 Å². The van der Waals surface area contributed by atoms with Crippen molar-refractivity contribution in [2.75, 3.05) is 18.6 Å². The van der Waals surface area contributed by atoms with Crippen LogP contribution in [0.25, 0.3) is 11.3 Å². The maximum atomic E-state index is 5.25. The zero-order valence-corrected chi connectivity index (χ0v) is 14.2. The molecule has 3 heterocycles. The van der Waals surface area contributed by atoms with Crippen LogP contribution in [-0.4, -0.2) is 33.6 Å². The first-order valence-electron chi connectivity index (χ1n) is 8.59. The summed E-state index contributed by atoms with van der Waals surface area (Å²) in [5.74, 6) is 2.24. The van der Waals surface area contributed by atoms with E-state index in [1.54, 1.807) is 19.4 Å². The Bertz CT molecular complexity index is 833. The van der Waals surface area contributed by atoms with E-state index in [0.717, 1.165) is 36.5 Å². The van der Waals surface area contributed by atoms with Gasteiger partial charge in [0, 0.05) is 18.8 Å². The first-order chi connectivity index (χ1) is 12.3. The van der Waals surface area contributed by atoms with E-state index >= 15 is 0 Å². The number of methoxy groups -OCH3 is 1. The Balaban J connectivity index is 1.64. The molecule has 1 aromatic carbocycles. The molecular formula is C19H21N5O. The van der Waals surface area contributed by atoms with E-state index in [9.17, 15) is 0 Å². The Morgan fingerprint density at radius 3 is 2.84 bits per heavy atom. The van der Waals surface area contributed by atoms with E-state index in [2.05, 4.69) is 37.0 Å². The van der Waals surface area contributed by atoms with Crippen LogP contribution >= 0.6 is 0 Å². The Hall–Kier alpha value is -2.89. The van der Waals surface area contributed by atoms with Crippen molar-refractivity contribution < 1.29 is 4.74 Å². The summed E-state index contributed by atoms with van der Waals surface area (Å²) in [7, 11) is 1.62. The van der Waals surface area contributed by atoms with Crippen molar-refractivity contribution >= 4 is 5.95 Å². The summed E-state index contributed by atoms with van der Waals surface area (Å²) >= 11 is 0. The maximum Gasteiger partial charge on any atom is 0.229 e. The number of aromatic nitrogens is 4. The molecule has 4 rings (SSSR count). The number of hydrogen-bond donors (Lipinski definition) is 1. The van der Waals surface area contributed by atoms with E-state index in [-0.39, 0.29) is 6.04 Å². The first kappa shape index (κ1) is 15.6. The Kier molecular flexibility index (Phi) is 4.33. The van der Waals surface area contributed by atoms with Crippen LogP contribution in [0.3, 0.4) is 0 Å². The van der Waals surface area contributed by atoms with Gasteiger partial charge >= 0.3 is 0 Å². The van der Waals surface area contributed by atoms with E-state index in [4.69, 9.17) is 4.74 Å². The minimum Gasteiger partial charge on any atom is -0.481 e. The van der Waals surface area contributed by atoms with Crippen LogP contribution in [0.15, 0.2) is 48.8 Å². The summed E-state index contributed by atoms with van der Waals surface area (Å²) in [6, 6.07) is 12.2. The van der Waals surface area contributed by atoms with Crippen LogP contribution in [-0.2, 0) is 0 Å². The molecule has 0 bridgehead atoms. The molecule has 0 aliphatic carbocycles. The molecule has 2 aromatic heterocycles. The molecule has 0 unspecified atom stereocenters. The second kappa shape index (κ2) is 6.93. The van der Waals surface area contributed by atoms with Gasteiger partial charge in [0.2, 0.25) is 11.8 Å². The minimum absolute atomic E-state index is 0.151. The van der Waals surface area contributed by atoms with E-state index in [0.29, 0.717) is 11.8 Å². The average molecular weight is 335 g/mol. The number of anilines is 1. The summed E-state index contributed by atoms with van der Waals surface area (Å²) in [5.41, 5.74) is 2.17. The summed E-state index contributed by atoms with van der Waals surface area (Å²) < 4.78 is 5.25. The SMILES string of the molecule is COc1ccnc(N2CCCC[C@H]2c2ncc(-c3ccccc3)[nH]2)n1. The number of H-pyrrole nitrogens is 1. The van der Waals surface area contributed by atoms with Crippen molar-refractivity contribution in [2.24, 2.45) is 0 Å². The molecule has 1 fully saturated rings. The second-order valence-corrected chi connectivity index (χ2v) is 6.15.